The van der Waals surface area contributed by atoms with E-state index in [1.165, 1.54) is 51.4 Å². The molecule has 17 heavy (non-hydrogen) atoms. The van der Waals surface area contributed by atoms with Gasteiger partial charge in [-0.15, -0.1) is 0 Å². The molecular formula is C15H29NO. The minimum atomic E-state index is 0.290. The quantitative estimate of drug-likeness (QED) is 0.810. The molecule has 1 heterocycles. The number of ether oxygens (including phenoxy) is 1. The monoisotopic (exact) mass is 239 g/mol. The molecule has 0 amide bonds. The zero-order valence-corrected chi connectivity index (χ0v) is 11.8. The molecule has 2 aliphatic rings. The first-order valence-corrected chi connectivity index (χ1v) is 7.38. The van der Waals surface area contributed by atoms with Crippen LogP contribution in [-0.4, -0.2) is 25.3 Å². The Hall–Kier alpha value is -0.0800. The van der Waals surface area contributed by atoms with Crippen LogP contribution in [0.15, 0.2) is 0 Å². The van der Waals surface area contributed by atoms with Crippen molar-refractivity contribution in [3.63, 3.8) is 0 Å². The Labute approximate surface area is 107 Å². The highest BCUT2D eigenvalue weighted by Crippen LogP contribution is 2.44. The summed E-state index contributed by atoms with van der Waals surface area (Å²) < 4.78 is 6.44. The summed E-state index contributed by atoms with van der Waals surface area (Å²) in [6, 6.07) is 0. The van der Waals surface area contributed by atoms with Crippen LogP contribution in [0.2, 0.25) is 0 Å². The molecule has 100 valence electrons. The minimum absolute atomic E-state index is 0.290. The van der Waals surface area contributed by atoms with Gasteiger partial charge in [-0.3, -0.25) is 0 Å². The lowest BCUT2D eigenvalue weighted by Gasteiger charge is -2.35. The Kier molecular flexibility index (Phi) is 4.14. The third-order valence-corrected chi connectivity index (χ3v) is 4.54. The maximum Gasteiger partial charge on any atom is 0.0687 e. The molecule has 1 aliphatic carbocycles. The van der Waals surface area contributed by atoms with Gasteiger partial charge in [-0.2, -0.15) is 0 Å². The van der Waals surface area contributed by atoms with Gasteiger partial charge in [0.1, 0.15) is 0 Å². The van der Waals surface area contributed by atoms with E-state index in [0.29, 0.717) is 17.1 Å². The highest BCUT2D eigenvalue weighted by Gasteiger charge is 2.41. The molecule has 1 atom stereocenters. The summed E-state index contributed by atoms with van der Waals surface area (Å²) >= 11 is 0. The molecule has 1 aliphatic heterocycles. The van der Waals surface area contributed by atoms with Gasteiger partial charge in [0.15, 0.2) is 0 Å². The van der Waals surface area contributed by atoms with Gasteiger partial charge in [0, 0.05) is 6.54 Å². The van der Waals surface area contributed by atoms with Gasteiger partial charge < -0.3 is 10.1 Å². The van der Waals surface area contributed by atoms with Gasteiger partial charge in [0.25, 0.3) is 0 Å². The maximum absolute atomic E-state index is 6.44. The topological polar surface area (TPSA) is 21.3 Å². The molecule has 1 unspecified atom stereocenters. The van der Waals surface area contributed by atoms with E-state index >= 15 is 0 Å². The van der Waals surface area contributed by atoms with Crippen molar-refractivity contribution in [3.8, 4) is 0 Å². The van der Waals surface area contributed by atoms with Crippen LogP contribution in [0.25, 0.3) is 0 Å². The highest BCUT2D eigenvalue weighted by molar-refractivity contribution is 4.92. The fraction of sp³-hybridized carbons (Fsp3) is 1.00. The van der Waals surface area contributed by atoms with Crippen LogP contribution < -0.4 is 5.32 Å². The van der Waals surface area contributed by atoms with Crippen molar-refractivity contribution in [3.05, 3.63) is 0 Å². The molecule has 0 aromatic carbocycles. The van der Waals surface area contributed by atoms with Crippen LogP contribution in [0, 0.1) is 5.41 Å². The Morgan fingerprint density at radius 2 is 1.88 bits per heavy atom. The molecule has 1 N–H and O–H groups in total. The fourth-order valence-electron chi connectivity index (χ4n) is 3.77. The van der Waals surface area contributed by atoms with Crippen molar-refractivity contribution in [1.29, 1.82) is 0 Å². The molecule has 0 radical (unpaired) electrons. The highest BCUT2D eigenvalue weighted by atomic mass is 16.5. The lowest BCUT2D eigenvalue weighted by Crippen LogP contribution is -2.34. The van der Waals surface area contributed by atoms with E-state index in [9.17, 15) is 0 Å². The van der Waals surface area contributed by atoms with E-state index in [1.807, 2.05) is 7.05 Å². The molecule has 0 aromatic heterocycles. The van der Waals surface area contributed by atoms with Gasteiger partial charge in [0.05, 0.1) is 11.7 Å². The van der Waals surface area contributed by atoms with Crippen LogP contribution in [0.1, 0.15) is 65.2 Å². The SMILES string of the molecule is CNCC(C)(C)CC1CCC2(CCCCC2)O1. The van der Waals surface area contributed by atoms with Gasteiger partial charge in [-0.1, -0.05) is 33.1 Å². The van der Waals surface area contributed by atoms with Crippen molar-refractivity contribution >= 4 is 0 Å². The zero-order valence-electron chi connectivity index (χ0n) is 11.8. The number of rotatable bonds is 4. The maximum atomic E-state index is 6.44. The van der Waals surface area contributed by atoms with Gasteiger partial charge in [-0.25, -0.2) is 0 Å². The molecular weight excluding hydrogens is 210 g/mol. The number of hydrogen-bond acceptors (Lipinski definition) is 2. The molecule has 0 bridgehead atoms. The summed E-state index contributed by atoms with van der Waals surface area (Å²) in [6.45, 7) is 5.78. The Morgan fingerprint density at radius 1 is 1.18 bits per heavy atom. The van der Waals surface area contributed by atoms with Gasteiger partial charge in [0.2, 0.25) is 0 Å². The summed E-state index contributed by atoms with van der Waals surface area (Å²) in [4.78, 5) is 0. The van der Waals surface area contributed by atoms with Crippen LogP contribution >= 0.6 is 0 Å². The molecule has 2 nitrogen and oxygen atoms in total. The third kappa shape index (κ3) is 3.45. The average molecular weight is 239 g/mol. The molecule has 2 heteroatoms. The van der Waals surface area contributed by atoms with Crippen molar-refractivity contribution in [2.45, 2.75) is 76.9 Å². The normalized spacial score (nSPS) is 28.8. The van der Waals surface area contributed by atoms with Crippen LogP contribution in [-0.2, 0) is 4.74 Å². The lowest BCUT2D eigenvalue weighted by atomic mass is 9.82. The zero-order chi connectivity index (χ0) is 12.4. The van der Waals surface area contributed by atoms with Crippen molar-refractivity contribution in [2.75, 3.05) is 13.6 Å². The number of nitrogens with one attached hydrogen (secondary N) is 1. The van der Waals surface area contributed by atoms with Crippen molar-refractivity contribution < 1.29 is 4.74 Å². The first kappa shape index (κ1) is 13.4. The second kappa shape index (κ2) is 5.27. The second-order valence-electron chi connectivity index (χ2n) is 6.92. The smallest absolute Gasteiger partial charge is 0.0687 e. The van der Waals surface area contributed by atoms with E-state index in [2.05, 4.69) is 19.2 Å². The Morgan fingerprint density at radius 3 is 2.53 bits per heavy atom. The summed E-state index contributed by atoms with van der Waals surface area (Å²) in [5.41, 5.74) is 0.651. The first-order chi connectivity index (χ1) is 8.05. The van der Waals surface area contributed by atoms with Crippen LogP contribution in [0.4, 0.5) is 0 Å². The molecule has 1 saturated heterocycles. The fourth-order valence-corrected chi connectivity index (χ4v) is 3.77. The van der Waals surface area contributed by atoms with Gasteiger partial charge >= 0.3 is 0 Å². The van der Waals surface area contributed by atoms with Crippen molar-refractivity contribution in [2.24, 2.45) is 5.41 Å². The second-order valence-corrected chi connectivity index (χ2v) is 6.92. The van der Waals surface area contributed by atoms with Crippen LogP contribution in [0.3, 0.4) is 0 Å². The average Bonchev–Trinajstić information content (AvgIpc) is 2.61. The standard InChI is InChI=1S/C15H29NO/c1-14(2,12-16-3)11-13-7-10-15(17-13)8-5-4-6-9-15/h13,16H,4-12H2,1-3H3. The minimum Gasteiger partial charge on any atom is -0.372 e. The van der Waals surface area contributed by atoms with Crippen LogP contribution in [0.5, 0.6) is 0 Å². The molecule has 1 saturated carbocycles. The Balaban J connectivity index is 1.85. The summed E-state index contributed by atoms with van der Waals surface area (Å²) in [5, 5.41) is 3.30. The van der Waals surface area contributed by atoms with E-state index in [0.717, 1.165) is 6.54 Å². The van der Waals surface area contributed by atoms with E-state index in [4.69, 9.17) is 4.74 Å². The first-order valence-electron chi connectivity index (χ1n) is 7.38. The third-order valence-electron chi connectivity index (χ3n) is 4.54. The summed E-state index contributed by atoms with van der Waals surface area (Å²) in [6.07, 6.45) is 11.1. The summed E-state index contributed by atoms with van der Waals surface area (Å²) in [5.74, 6) is 0. The Bertz CT molecular complexity index is 243. The lowest BCUT2D eigenvalue weighted by molar-refractivity contribution is -0.0744. The molecule has 0 aromatic rings. The molecule has 2 fully saturated rings. The summed E-state index contributed by atoms with van der Waals surface area (Å²) in [7, 11) is 2.04. The molecule has 2 rings (SSSR count). The largest absolute Gasteiger partial charge is 0.372 e. The predicted molar refractivity (Wildman–Crippen MR) is 72.2 cm³/mol. The molecule has 1 spiro atoms. The van der Waals surface area contributed by atoms with E-state index in [1.54, 1.807) is 0 Å². The predicted octanol–water partition coefficient (Wildman–Crippen LogP) is 3.50. The van der Waals surface area contributed by atoms with E-state index in [-0.39, 0.29) is 0 Å². The van der Waals surface area contributed by atoms with Crippen molar-refractivity contribution in [1.82, 2.24) is 5.32 Å². The van der Waals surface area contributed by atoms with E-state index < -0.39 is 0 Å². The van der Waals surface area contributed by atoms with Gasteiger partial charge in [-0.05, 0) is 44.6 Å². The number of hydrogen-bond donors (Lipinski definition) is 1.